The van der Waals surface area contributed by atoms with E-state index in [2.05, 4.69) is 91.9 Å². The van der Waals surface area contributed by atoms with E-state index < -0.39 is 0 Å². The number of imidazole rings is 1. The van der Waals surface area contributed by atoms with E-state index in [9.17, 15) is 0 Å². The molecule has 2 aliphatic heterocycles. The molecule has 8 heteroatoms. The van der Waals surface area contributed by atoms with Crippen LogP contribution < -0.4 is 9.80 Å². The van der Waals surface area contributed by atoms with Crippen LogP contribution in [0.15, 0.2) is 67.0 Å². The lowest BCUT2D eigenvalue weighted by molar-refractivity contribution is 0.144. The van der Waals surface area contributed by atoms with Crippen molar-refractivity contribution in [1.29, 1.82) is 0 Å². The molecular formula is C34H44N6O2. The Morgan fingerprint density at radius 3 is 1.62 bits per heavy atom. The first-order valence-corrected chi connectivity index (χ1v) is 15.2. The molecule has 2 aliphatic rings. The van der Waals surface area contributed by atoms with E-state index in [1.165, 1.54) is 33.6 Å². The molecule has 0 aliphatic carbocycles. The van der Waals surface area contributed by atoms with Gasteiger partial charge in [-0.1, -0.05) is 24.3 Å². The zero-order chi connectivity index (χ0) is 28.9. The molecule has 8 nitrogen and oxygen atoms in total. The summed E-state index contributed by atoms with van der Waals surface area (Å²) >= 11 is 0. The Hall–Kier alpha value is -3.43. The number of rotatable bonds is 10. The normalized spacial score (nSPS) is 16.9. The molecule has 0 saturated carbocycles. The van der Waals surface area contributed by atoms with Crippen LogP contribution in [0.1, 0.15) is 0 Å². The van der Waals surface area contributed by atoms with Gasteiger partial charge in [0.15, 0.2) is 0 Å². The van der Waals surface area contributed by atoms with E-state index in [0.717, 1.165) is 89.7 Å². The quantitative estimate of drug-likeness (QED) is 0.280. The number of benzene rings is 3. The van der Waals surface area contributed by atoms with Crippen LogP contribution in [0.4, 0.5) is 11.4 Å². The zero-order valence-corrected chi connectivity index (χ0v) is 25.3. The van der Waals surface area contributed by atoms with Crippen molar-refractivity contribution in [2.45, 2.75) is 0 Å². The Bertz CT molecular complexity index is 1440. The van der Waals surface area contributed by atoms with Gasteiger partial charge in [-0.2, -0.15) is 0 Å². The number of anilines is 2. The first-order chi connectivity index (χ1) is 20.6. The highest BCUT2D eigenvalue weighted by atomic mass is 16.5. The van der Waals surface area contributed by atoms with Gasteiger partial charge in [0.25, 0.3) is 0 Å². The Morgan fingerprint density at radius 2 is 1.12 bits per heavy atom. The van der Waals surface area contributed by atoms with Crippen molar-refractivity contribution in [3.8, 4) is 22.3 Å². The molecule has 1 aromatic heterocycles. The number of aryl methyl sites for hydroxylation is 1. The summed E-state index contributed by atoms with van der Waals surface area (Å²) in [6.07, 6.45) is 1.92. The molecule has 0 atom stereocenters. The van der Waals surface area contributed by atoms with Gasteiger partial charge in [-0.3, -0.25) is 9.80 Å². The van der Waals surface area contributed by atoms with Gasteiger partial charge in [0.2, 0.25) is 0 Å². The predicted molar refractivity (Wildman–Crippen MR) is 173 cm³/mol. The Balaban J connectivity index is 1.19. The second-order valence-corrected chi connectivity index (χ2v) is 11.5. The average molecular weight is 569 g/mol. The predicted octanol–water partition coefficient (Wildman–Crippen LogP) is 4.44. The van der Waals surface area contributed by atoms with E-state index in [1.807, 2.05) is 6.33 Å². The number of piperazine rings is 2. The minimum Gasteiger partial charge on any atom is -0.383 e. The van der Waals surface area contributed by atoms with Crippen LogP contribution in [0.3, 0.4) is 0 Å². The van der Waals surface area contributed by atoms with E-state index in [-0.39, 0.29) is 0 Å². The summed E-state index contributed by atoms with van der Waals surface area (Å²) in [6.45, 7) is 12.1. The van der Waals surface area contributed by atoms with Gasteiger partial charge < -0.3 is 23.8 Å². The molecule has 0 radical (unpaired) electrons. The molecule has 2 saturated heterocycles. The van der Waals surface area contributed by atoms with Crippen molar-refractivity contribution < 1.29 is 9.47 Å². The summed E-state index contributed by atoms with van der Waals surface area (Å²) in [5, 5.41) is 0. The summed E-state index contributed by atoms with van der Waals surface area (Å²) < 4.78 is 12.6. The summed E-state index contributed by atoms with van der Waals surface area (Å²) in [5.74, 6) is 0. The smallest absolute Gasteiger partial charge is 0.0963 e. The number of ether oxygens (including phenoxy) is 2. The van der Waals surface area contributed by atoms with Crippen molar-refractivity contribution in [2.24, 2.45) is 7.05 Å². The van der Waals surface area contributed by atoms with Crippen LogP contribution >= 0.6 is 0 Å². The van der Waals surface area contributed by atoms with Crippen molar-refractivity contribution >= 4 is 22.4 Å². The number of hydrogen-bond donors (Lipinski definition) is 0. The van der Waals surface area contributed by atoms with Crippen LogP contribution in [0.2, 0.25) is 0 Å². The summed E-state index contributed by atoms with van der Waals surface area (Å²) in [6, 6.07) is 22.7. The molecule has 0 amide bonds. The Kier molecular flexibility index (Phi) is 9.05. The van der Waals surface area contributed by atoms with Crippen LogP contribution in [-0.4, -0.2) is 112 Å². The lowest BCUT2D eigenvalue weighted by atomic mass is 9.97. The Morgan fingerprint density at radius 1 is 0.619 bits per heavy atom. The summed E-state index contributed by atoms with van der Waals surface area (Å²) in [4.78, 5) is 14.7. The van der Waals surface area contributed by atoms with Crippen LogP contribution in [0.5, 0.6) is 0 Å². The molecular weight excluding hydrogens is 524 g/mol. The number of nitrogens with zero attached hydrogens (tertiary/aromatic N) is 6. The highest BCUT2D eigenvalue weighted by molar-refractivity contribution is 5.96. The second-order valence-electron chi connectivity index (χ2n) is 11.5. The van der Waals surface area contributed by atoms with Crippen LogP contribution in [0.25, 0.3) is 33.3 Å². The van der Waals surface area contributed by atoms with Gasteiger partial charge in [0.1, 0.15) is 0 Å². The Labute approximate surface area is 250 Å². The van der Waals surface area contributed by atoms with E-state index in [1.54, 1.807) is 14.2 Å². The number of aromatic nitrogens is 2. The van der Waals surface area contributed by atoms with Gasteiger partial charge >= 0.3 is 0 Å². The largest absolute Gasteiger partial charge is 0.383 e. The molecule has 0 spiro atoms. The molecule has 0 N–H and O–H groups in total. The molecule has 222 valence electrons. The van der Waals surface area contributed by atoms with Gasteiger partial charge in [0, 0.05) is 104 Å². The molecule has 0 unspecified atom stereocenters. The minimum absolute atomic E-state index is 0.799. The topological polar surface area (TPSA) is 49.2 Å². The lowest BCUT2D eigenvalue weighted by Crippen LogP contribution is -2.47. The third kappa shape index (κ3) is 6.32. The fraction of sp³-hybridized carbons (Fsp3) is 0.441. The summed E-state index contributed by atoms with van der Waals surface area (Å²) in [7, 11) is 5.63. The fourth-order valence-corrected chi connectivity index (χ4v) is 6.23. The van der Waals surface area contributed by atoms with E-state index in [0.29, 0.717) is 0 Å². The van der Waals surface area contributed by atoms with E-state index >= 15 is 0 Å². The van der Waals surface area contributed by atoms with Gasteiger partial charge in [-0.25, -0.2) is 4.98 Å². The molecule has 4 aromatic rings. The summed E-state index contributed by atoms with van der Waals surface area (Å²) in [5.41, 5.74) is 9.59. The highest BCUT2D eigenvalue weighted by Crippen LogP contribution is 2.35. The standard InChI is InChI=1S/C34H44N6O2/c1-36-26-35-34-32(28-6-10-31(11-7-28)40-18-14-38(15-19-40)21-23-42-3)24-29(25-33(34)36)27-4-8-30(9-5-27)39-16-12-37(13-17-39)20-22-41-2/h4-11,24-26H,12-23H2,1-3H3. The maximum atomic E-state index is 5.25. The van der Waals surface area contributed by atoms with Crippen LogP contribution in [-0.2, 0) is 16.5 Å². The maximum absolute atomic E-state index is 5.25. The van der Waals surface area contributed by atoms with Crippen molar-refractivity contribution in [2.75, 3.05) is 103 Å². The van der Waals surface area contributed by atoms with Crippen molar-refractivity contribution in [3.63, 3.8) is 0 Å². The fourth-order valence-electron chi connectivity index (χ4n) is 6.23. The third-order valence-corrected chi connectivity index (χ3v) is 8.91. The van der Waals surface area contributed by atoms with Gasteiger partial charge in [0.05, 0.1) is 30.6 Å². The average Bonchev–Trinajstić information content (AvgIpc) is 3.43. The first-order valence-electron chi connectivity index (χ1n) is 15.2. The molecule has 6 rings (SSSR count). The van der Waals surface area contributed by atoms with E-state index in [4.69, 9.17) is 14.5 Å². The molecule has 3 heterocycles. The first kappa shape index (κ1) is 28.7. The molecule has 3 aromatic carbocycles. The van der Waals surface area contributed by atoms with Crippen molar-refractivity contribution in [3.05, 3.63) is 67.0 Å². The van der Waals surface area contributed by atoms with Gasteiger partial charge in [-0.05, 0) is 53.1 Å². The minimum atomic E-state index is 0.799. The zero-order valence-electron chi connectivity index (χ0n) is 25.3. The lowest BCUT2D eigenvalue weighted by Gasteiger charge is -2.36. The highest BCUT2D eigenvalue weighted by Gasteiger charge is 2.19. The van der Waals surface area contributed by atoms with Crippen LogP contribution in [0, 0.1) is 0 Å². The number of fused-ring (bicyclic) bond motifs is 1. The molecule has 42 heavy (non-hydrogen) atoms. The SMILES string of the molecule is COCCN1CCN(c2ccc(-c3cc(-c4ccc(N5CCN(CCOC)CC5)cc4)c4ncn(C)c4c3)cc2)CC1. The van der Waals surface area contributed by atoms with Gasteiger partial charge in [-0.15, -0.1) is 0 Å². The molecule has 0 bridgehead atoms. The molecule has 2 fully saturated rings. The van der Waals surface area contributed by atoms with Crippen molar-refractivity contribution in [1.82, 2.24) is 19.4 Å². The number of hydrogen-bond acceptors (Lipinski definition) is 7. The monoisotopic (exact) mass is 568 g/mol. The number of methoxy groups -OCH3 is 2. The maximum Gasteiger partial charge on any atom is 0.0963 e. The second kappa shape index (κ2) is 13.3. The third-order valence-electron chi connectivity index (χ3n) is 8.91.